The van der Waals surface area contributed by atoms with E-state index in [2.05, 4.69) is 10.6 Å². The number of amides is 1. The van der Waals surface area contributed by atoms with Crippen molar-refractivity contribution in [3.05, 3.63) is 45.1 Å². The van der Waals surface area contributed by atoms with Gasteiger partial charge in [0.25, 0.3) is 5.91 Å². The lowest BCUT2D eigenvalue weighted by Gasteiger charge is -2.13. The average Bonchev–Trinajstić information content (AvgIpc) is 3.07. The Bertz CT molecular complexity index is 705. The van der Waals surface area contributed by atoms with Gasteiger partial charge in [-0.3, -0.25) is 10.1 Å². The van der Waals surface area contributed by atoms with Gasteiger partial charge in [-0.25, -0.2) is 0 Å². The summed E-state index contributed by atoms with van der Waals surface area (Å²) in [6.07, 6.45) is 0. The molecule has 0 atom stereocenters. The minimum absolute atomic E-state index is 0.231. The minimum Gasteiger partial charge on any atom is -0.493 e. The number of benzene rings is 1. The maximum atomic E-state index is 11.9. The van der Waals surface area contributed by atoms with Crippen LogP contribution >= 0.6 is 35.2 Å². The molecule has 0 radical (unpaired) electrons. The second kappa shape index (κ2) is 8.14. The van der Waals surface area contributed by atoms with Crippen molar-refractivity contribution in [3.8, 4) is 11.5 Å². The summed E-state index contributed by atoms with van der Waals surface area (Å²) in [6, 6.07) is 6.97. The molecule has 0 fully saturated rings. The van der Waals surface area contributed by atoms with E-state index in [9.17, 15) is 4.79 Å². The Morgan fingerprint density at radius 1 is 1.30 bits per heavy atom. The summed E-state index contributed by atoms with van der Waals surface area (Å²) in [5, 5.41) is 8.14. The molecule has 23 heavy (non-hydrogen) atoms. The Labute approximate surface area is 148 Å². The SMILES string of the molecule is COc1cc(Cl)c(CNC(=S)NC(=O)c2cccs2)cc1OC. The Morgan fingerprint density at radius 3 is 2.61 bits per heavy atom. The molecule has 0 saturated carbocycles. The van der Waals surface area contributed by atoms with E-state index < -0.39 is 0 Å². The Balaban J connectivity index is 1.97. The van der Waals surface area contributed by atoms with Crippen molar-refractivity contribution in [3.63, 3.8) is 0 Å². The van der Waals surface area contributed by atoms with Crippen LogP contribution in [0.2, 0.25) is 5.02 Å². The highest BCUT2D eigenvalue weighted by Crippen LogP contribution is 2.32. The van der Waals surface area contributed by atoms with Gasteiger partial charge in [0.1, 0.15) is 0 Å². The Morgan fingerprint density at radius 2 is 2.00 bits per heavy atom. The molecule has 2 N–H and O–H groups in total. The molecular formula is C15H15ClN2O3S2. The highest BCUT2D eigenvalue weighted by Gasteiger charge is 2.12. The molecule has 0 unspecified atom stereocenters. The van der Waals surface area contributed by atoms with E-state index >= 15 is 0 Å². The van der Waals surface area contributed by atoms with E-state index in [-0.39, 0.29) is 11.0 Å². The largest absolute Gasteiger partial charge is 0.493 e. The molecule has 0 saturated heterocycles. The van der Waals surface area contributed by atoms with Crippen LogP contribution in [0.25, 0.3) is 0 Å². The van der Waals surface area contributed by atoms with E-state index in [1.54, 1.807) is 38.5 Å². The summed E-state index contributed by atoms with van der Waals surface area (Å²) in [6.45, 7) is 0.350. The lowest BCUT2D eigenvalue weighted by atomic mass is 10.2. The van der Waals surface area contributed by atoms with Gasteiger partial charge in [0.15, 0.2) is 16.6 Å². The van der Waals surface area contributed by atoms with Crippen molar-refractivity contribution in [1.29, 1.82) is 0 Å². The van der Waals surface area contributed by atoms with E-state index in [0.29, 0.717) is 27.9 Å². The van der Waals surface area contributed by atoms with Gasteiger partial charge in [0, 0.05) is 17.6 Å². The number of carbonyl (C=O) groups is 1. The zero-order chi connectivity index (χ0) is 16.8. The van der Waals surface area contributed by atoms with Gasteiger partial charge in [-0.1, -0.05) is 17.7 Å². The number of ether oxygens (including phenoxy) is 2. The Kier molecular flexibility index (Phi) is 6.20. The predicted molar refractivity (Wildman–Crippen MR) is 95.8 cm³/mol. The van der Waals surface area contributed by atoms with Gasteiger partial charge in [-0.05, 0) is 35.3 Å². The number of methoxy groups -OCH3 is 2. The standard InChI is InChI=1S/C15H15ClN2O3S2/c1-20-11-6-9(10(16)7-12(11)21-2)8-17-15(22)18-14(19)13-4-3-5-23-13/h3-7H,8H2,1-2H3,(H2,17,18,19,22). The monoisotopic (exact) mass is 370 g/mol. The van der Waals surface area contributed by atoms with E-state index in [1.165, 1.54) is 11.3 Å². The van der Waals surface area contributed by atoms with Gasteiger partial charge in [0.05, 0.1) is 19.1 Å². The minimum atomic E-state index is -0.240. The van der Waals surface area contributed by atoms with E-state index in [4.69, 9.17) is 33.3 Å². The van der Waals surface area contributed by atoms with Gasteiger partial charge in [-0.15, -0.1) is 11.3 Å². The van der Waals surface area contributed by atoms with Crippen LogP contribution in [-0.4, -0.2) is 25.2 Å². The molecule has 0 bridgehead atoms. The summed E-state index contributed by atoms with van der Waals surface area (Å²) in [4.78, 5) is 12.5. The van der Waals surface area contributed by atoms with Crippen LogP contribution < -0.4 is 20.1 Å². The third-order valence-corrected chi connectivity index (χ3v) is 4.43. The summed E-state index contributed by atoms with van der Waals surface area (Å²) in [7, 11) is 3.09. The first kappa shape index (κ1) is 17.5. The highest BCUT2D eigenvalue weighted by atomic mass is 35.5. The zero-order valence-corrected chi connectivity index (χ0v) is 14.9. The third kappa shape index (κ3) is 4.57. The number of thiophene rings is 1. The van der Waals surface area contributed by atoms with E-state index in [0.717, 1.165) is 5.56 Å². The second-order valence-electron chi connectivity index (χ2n) is 4.41. The molecular weight excluding hydrogens is 356 g/mol. The maximum absolute atomic E-state index is 11.9. The van der Waals surface area contributed by atoms with Crippen molar-refractivity contribution < 1.29 is 14.3 Å². The number of hydrogen-bond donors (Lipinski definition) is 2. The summed E-state index contributed by atoms with van der Waals surface area (Å²) < 4.78 is 10.4. The molecule has 0 aliphatic rings. The van der Waals surface area contributed by atoms with Crippen LogP contribution in [0.5, 0.6) is 11.5 Å². The molecule has 0 aliphatic carbocycles. The summed E-state index contributed by atoms with van der Waals surface area (Å²) >= 11 is 12.7. The van der Waals surface area contributed by atoms with E-state index in [1.807, 2.05) is 5.38 Å². The molecule has 8 heteroatoms. The number of nitrogens with one attached hydrogen (secondary N) is 2. The topological polar surface area (TPSA) is 59.6 Å². The Hall–Kier alpha value is -1.83. The van der Waals surface area contributed by atoms with Crippen LogP contribution in [0.15, 0.2) is 29.6 Å². The first-order valence-corrected chi connectivity index (χ1v) is 8.24. The van der Waals surface area contributed by atoms with Crippen LogP contribution in [-0.2, 0) is 6.54 Å². The molecule has 1 aromatic carbocycles. The fourth-order valence-electron chi connectivity index (χ4n) is 1.82. The van der Waals surface area contributed by atoms with Crippen LogP contribution in [0.1, 0.15) is 15.2 Å². The highest BCUT2D eigenvalue weighted by molar-refractivity contribution is 7.80. The predicted octanol–water partition coefficient (Wildman–Crippen LogP) is 3.22. The molecule has 0 spiro atoms. The molecule has 2 aromatic rings. The van der Waals surface area contributed by atoms with Crippen LogP contribution in [0.4, 0.5) is 0 Å². The van der Waals surface area contributed by atoms with Crippen molar-refractivity contribution >= 4 is 46.2 Å². The zero-order valence-electron chi connectivity index (χ0n) is 12.5. The molecule has 2 rings (SSSR count). The lowest BCUT2D eigenvalue weighted by Crippen LogP contribution is -2.38. The van der Waals surface area contributed by atoms with Crippen molar-refractivity contribution in [2.45, 2.75) is 6.54 Å². The molecule has 1 heterocycles. The number of carbonyl (C=O) groups excluding carboxylic acids is 1. The molecule has 122 valence electrons. The second-order valence-corrected chi connectivity index (χ2v) is 6.18. The summed E-state index contributed by atoms with van der Waals surface area (Å²) in [5.74, 6) is 0.882. The first-order valence-electron chi connectivity index (χ1n) is 6.58. The molecule has 5 nitrogen and oxygen atoms in total. The fourth-order valence-corrected chi connectivity index (χ4v) is 2.83. The van der Waals surface area contributed by atoms with Crippen LogP contribution in [0, 0.1) is 0 Å². The quantitative estimate of drug-likeness (QED) is 0.791. The number of thiocarbonyl (C=S) groups is 1. The van der Waals surface area contributed by atoms with Gasteiger partial charge < -0.3 is 14.8 Å². The molecule has 1 aromatic heterocycles. The van der Waals surface area contributed by atoms with Crippen molar-refractivity contribution in [2.75, 3.05) is 14.2 Å². The summed E-state index contributed by atoms with van der Waals surface area (Å²) in [5.41, 5.74) is 0.775. The number of hydrogen-bond acceptors (Lipinski definition) is 5. The maximum Gasteiger partial charge on any atom is 0.267 e. The van der Waals surface area contributed by atoms with Gasteiger partial charge >= 0.3 is 0 Å². The average molecular weight is 371 g/mol. The normalized spacial score (nSPS) is 10.0. The van der Waals surface area contributed by atoms with Crippen LogP contribution in [0.3, 0.4) is 0 Å². The molecule has 0 aliphatic heterocycles. The number of rotatable bonds is 5. The first-order chi connectivity index (χ1) is 11.0. The smallest absolute Gasteiger partial charge is 0.267 e. The van der Waals surface area contributed by atoms with Gasteiger partial charge in [0.2, 0.25) is 0 Å². The molecule has 1 amide bonds. The van der Waals surface area contributed by atoms with Gasteiger partial charge in [-0.2, -0.15) is 0 Å². The fraction of sp³-hybridized carbons (Fsp3) is 0.200. The van der Waals surface area contributed by atoms with Crippen molar-refractivity contribution in [2.24, 2.45) is 0 Å². The third-order valence-electron chi connectivity index (χ3n) is 2.96. The van der Waals surface area contributed by atoms with Crippen molar-refractivity contribution in [1.82, 2.24) is 10.6 Å². The lowest BCUT2D eigenvalue weighted by molar-refractivity contribution is 0.0980. The number of halogens is 1.